The van der Waals surface area contributed by atoms with Crippen molar-refractivity contribution in [2.24, 2.45) is 22.5 Å². The van der Waals surface area contributed by atoms with Crippen molar-refractivity contribution >= 4 is 0 Å². The molecule has 2 fully saturated rings. The zero-order valence-electron chi connectivity index (χ0n) is 8.10. The molecule has 0 radical (unpaired) electrons. The van der Waals surface area contributed by atoms with Gasteiger partial charge in [0, 0.05) is 6.61 Å². The predicted octanol–water partition coefficient (Wildman–Crippen LogP) is 1.40. The van der Waals surface area contributed by atoms with Crippen LogP contribution in [0.15, 0.2) is 0 Å². The smallest absolute Gasteiger partial charge is 0.0501 e. The summed E-state index contributed by atoms with van der Waals surface area (Å²) in [4.78, 5) is 0. The Labute approximate surface area is 74.5 Å². The summed E-state index contributed by atoms with van der Waals surface area (Å²) >= 11 is 0. The van der Waals surface area contributed by atoms with E-state index < -0.39 is 0 Å². The Morgan fingerprint density at radius 1 is 1.50 bits per heavy atom. The molecule has 12 heavy (non-hydrogen) atoms. The summed E-state index contributed by atoms with van der Waals surface area (Å²) < 4.78 is 5.42. The van der Waals surface area contributed by atoms with E-state index in [0.29, 0.717) is 10.8 Å². The second-order valence-corrected chi connectivity index (χ2v) is 4.98. The van der Waals surface area contributed by atoms with E-state index in [9.17, 15) is 0 Å². The third kappa shape index (κ3) is 0.944. The average molecular weight is 169 g/mol. The van der Waals surface area contributed by atoms with Gasteiger partial charge in [0.25, 0.3) is 0 Å². The zero-order valence-corrected chi connectivity index (χ0v) is 8.10. The van der Waals surface area contributed by atoms with E-state index in [1.807, 2.05) is 0 Å². The van der Waals surface area contributed by atoms with E-state index in [1.54, 1.807) is 0 Å². The first-order valence-corrected chi connectivity index (χ1v) is 4.90. The maximum Gasteiger partial charge on any atom is 0.0501 e. The van der Waals surface area contributed by atoms with Crippen molar-refractivity contribution in [3.63, 3.8) is 0 Å². The molecule has 2 rings (SSSR count). The highest BCUT2D eigenvalue weighted by Crippen LogP contribution is 2.68. The first-order valence-electron chi connectivity index (χ1n) is 4.90. The molecule has 0 spiro atoms. The topological polar surface area (TPSA) is 35.2 Å². The van der Waals surface area contributed by atoms with Crippen LogP contribution in [0.3, 0.4) is 0 Å². The van der Waals surface area contributed by atoms with Gasteiger partial charge in [-0.3, -0.25) is 0 Å². The molecule has 0 amide bonds. The molecule has 0 aromatic heterocycles. The monoisotopic (exact) mass is 169 g/mol. The van der Waals surface area contributed by atoms with Crippen molar-refractivity contribution in [3.05, 3.63) is 0 Å². The van der Waals surface area contributed by atoms with Gasteiger partial charge in [0.15, 0.2) is 0 Å². The summed E-state index contributed by atoms with van der Waals surface area (Å²) in [7, 11) is 0. The first kappa shape index (κ1) is 8.52. The van der Waals surface area contributed by atoms with Crippen molar-refractivity contribution in [1.29, 1.82) is 0 Å². The second kappa shape index (κ2) is 2.46. The van der Waals surface area contributed by atoms with Crippen LogP contribution in [0.5, 0.6) is 0 Å². The van der Waals surface area contributed by atoms with Crippen molar-refractivity contribution in [3.8, 4) is 0 Å². The van der Waals surface area contributed by atoms with Crippen molar-refractivity contribution in [2.45, 2.75) is 26.7 Å². The van der Waals surface area contributed by atoms with E-state index in [0.717, 1.165) is 25.7 Å². The second-order valence-electron chi connectivity index (χ2n) is 4.98. The van der Waals surface area contributed by atoms with Crippen molar-refractivity contribution in [2.75, 3.05) is 19.8 Å². The molecule has 2 aliphatic rings. The van der Waals surface area contributed by atoms with Gasteiger partial charge in [-0.2, -0.15) is 0 Å². The lowest BCUT2D eigenvalue weighted by Crippen LogP contribution is -2.29. The van der Waals surface area contributed by atoms with Crippen LogP contribution >= 0.6 is 0 Å². The molecular formula is C10H19NO. The minimum atomic E-state index is 0.420. The fourth-order valence-electron chi connectivity index (χ4n) is 2.93. The normalized spacial score (nSPS) is 44.8. The fraction of sp³-hybridized carbons (Fsp3) is 1.00. The van der Waals surface area contributed by atoms with Gasteiger partial charge in [0.05, 0.1) is 6.61 Å². The molecule has 2 atom stereocenters. The Hall–Kier alpha value is -0.0800. The number of rotatable bonds is 2. The van der Waals surface area contributed by atoms with Gasteiger partial charge < -0.3 is 10.5 Å². The van der Waals surface area contributed by atoms with E-state index >= 15 is 0 Å². The molecule has 2 unspecified atom stereocenters. The molecule has 2 heteroatoms. The van der Waals surface area contributed by atoms with Gasteiger partial charge in [0.1, 0.15) is 0 Å². The van der Waals surface area contributed by atoms with Crippen LogP contribution in [0.25, 0.3) is 0 Å². The standard InChI is InChI=1S/C10H19NO/c1-9(2)6-10(9,7-11)8-3-4-12-5-8/h8H,3-7,11H2,1-2H3. The van der Waals surface area contributed by atoms with Gasteiger partial charge in [-0.05, 0) is 36.1 Å². The Balaban J connectivity index is 2.09. The fourth-order valence-corrected chi connectivity index (χ4v) is 2.93. The van der Waals surface area contributed by atoms with Crippen LogP contribution in [-0.4, -0.2) is 19.8 Å². The summed E-state index contributed by atoms with van der Waals surface area (Å²) in [5, 5.41) is 0. The van der Waals surface area contributed by atoms with Crippen LogP contribution in [0.4, 0.5) is 0 Å². The highest BCUT2D eigenvalue weighted by Gasteiger charge is 2.64. The van der Waals surface area contributed by atoms with Gasteiger partial charge in [0.2, 0.25) is 0 Å². The Bertz CT molecular complexity index is 184. The Morgan fingerprint density at radius 3 is 2.50 bits per heavy atom. The summed E-state index contributed by atoms with van der Waals surface area (Å²) in [6.45, 7) is 7.40. The van der Waals surface area contributed by atoms with Crippen LogP contribution in [-0.2, 0) is 4.74 Å². The summed E-state index contributed by atoms with van der Waals surface area (Å²) in [6, 6.07) is 0. The van der Waals surface area contributed by atoms with Gasteiger partial charge in [-0.15, -0.1) is 0 Å². The van der Waals surface area contributed by atoms with Gasteiger partial charge >= 0.3 is 0 Å². The third-order valence-corrected chi connectivity index (χ3v) is 4.06. The highest BCUT2D eigenvalue weighted by molar-refractivity contribution is 5.13. The first-order chi connectivity index (χ1) is 5.62. The molecule has 1 aliphatic carbocycles. The predicted molar refractivity (Wildman–Crippen MR) is 48.8 cm³/mol. The SMILES string of the molecule is CC1(C)CC1(CN)C1CCOC1. The molecule has 70 valence electrons. The number of nitrogens with two attached hydrogens (primary N) is 1. The largest absolute Gasteiger partial charge is 0.381 e. The summed E-state index contributed by atoms with van der Waals surface area (Å²) in [5.41, 5.74) is 6.76. The molecule has 0 bridgehead atoms. The summed E-state index contributed by atoms with van der Waals surface area (Å²) in [5.74, 6) is 0.734. The maximum atomic E-state index is 5.87. The van der Waals surface area contributed by atoms with Gasteiger partial charge in [-0.1, -0.05) is 13.8 Å². The van der Waals surface area contributed by atoms with E-state index in [4.69, 9.17) is 10.5 Å². The Kier molecular flexibility index (Phi) is 1.74. The third-order valence-electron chi connectivity index (χ3n) is 4.06. The minimum absolute atomic E-state index is 0.420. The van der Waals surface area contributed by atoms with Crippen molar-refractivity contribution in [1.82, 2.24) is 0 Å². The maximum absolute atomic E-state index is 5.87. The van der Waals surface area contributed by atoms with Crippen molar-refractivity contribution < 1.29 is 4.74 Å². The molecule has 1 aliphatic heterocycles. The zero-order chi connectivity index (χ0) is 8.82. The van der Waals surface area contributed by atoms with Crippen LogP contribution in [0, 0.1) is 16.7 Å². The number of hydrogen-bond acceptors (Lipinski definition) is 2. The minimum Gasteiger partial charge on any atom is -0.381 e. The molecule has 0 aromatic rings. The van der Waals surface area contributed by atoms with Crippen LogP contribution in [0.2, 0.25) is 0 Å². The molecule has 1 heterocycles. The molecule has 2 nitrogen and oxygen atoms in total. The Morgan fingerprint density at radius 2 is 2.17 bits per heavy atom. The molecule has 2 N–H and O–H groups in total. The van der Waals surface area contributed by atoms with Gasteiger partial charge in [-0.25, -0.2) is 0 Å². The molecule has 1 saturated heterocycles. The molecule has 0 aromatic carbocycles. The quantitative estimate of drug-likeness (QED) is 0.678. The molecule has 1 saturated carbocycles. The van der Waals surface area contributed by atoms with Crippen LogP contribution in [0.1, 0.15) is 26.7 Å². The lowest BCUT2D eigenvalue weighted by Gasteiger charge is -2.24. The highest BCUT2D eigenvalue weighted by atomic mass is 16.5. The van der Waals surface area contributed by atoms with E-state index in [1.165, 1.54) is 12.8 Å². The lowest BCUT2D eigenvalue weighted by molar-refractivity contribution is 0.157. The summed E-state index contributed by atoms with van der Waals surface area (Å²) in [6.07, 6.45) is 2.52. The van der Waals surface area contributed by atoms with E-state index in [2.05, 4.69) is 13.8 Å². The average Bonchev–Trinajstić information content (AvgIpc) is 2.52. The lowest BCUT2D eigenvalue weighted by atomic mass is 9.82. The molecular weight excluding hydrogens is 150 g/mol. The van der Waals surface area contributed by atoms with Crippen LogP contribution < -0.4 is 5.73 Å². The van der Waals surface area contributed by atoms with E-state index in [-0.39, 0.29) is 0 Å². The number of hydrogen-bond donors (Lipinski definition) is 1. The number of ether oxygens (including phenoxy) is 1.